The van der Waals surface area contributed by atoms with Gasteiger partial charge in [0.05, 0.1) is 0 Å². The van der Waals surface area contributed by atoms with E-state index in [1.54, 1.807) is 6.92 Å². The van der Waals surface area contributed by atoms with Crippen LogP contribution in [0.3, 0.4) is 0 Å². The number of carbonyl (C=O) groups is 1. The van der Waals surface area contributed by atoms with Gasteiger partial charge in [0.2, 0.25) is 11.7 Å². The van der Waals surface area contributed by atoms with Crippen molar-refractivity contribution >= 4 is 5.91 Å². The number of hydrogen-bond donors (Lipinski definition) is 0. The standard InChI is InChI=1S/C16H19N3O2/c1-12-17-15(18-21-12)13-6-8-14(9-7-13)16(20)19-10-4-2-3-5-11-19/h6-9H,2-5,10-11H2,1H3. The average molecular weight is 285 g/mol. The summed E-state index contributed by atoms with van der Waals surface area (Å²) in [6.07, 6.45) is 4.65. The largest absolute Gasteiger partial charge is 0.339 e. The zero-order valence-electron chi connectivity index (χ0n) is 12.2. The maximum Gasteiger partial charge on any atom is 0.253 e. The lowest BCUT2D eigenvalue weighted by molar-refractivity contribution is 0.0761. The highest BCUT2D eigenvalue weighted by Gasteiger charge is 2.17. The second-order valence-electron chi connectivity index (χ2n) is 5.42. The fraction of sp³-hybridized carbons (Fsp3) is 0.438. The summed E-state index contributed by atoms with van der Waals surface area (Å²) in [7, 11) is 0. The number of aryl methyl sites for hydroxylation is 1. The topological polar surface area (TPSA) is 59.2 Å². The molecule has 1 aliphatic rings. The van der Waals surface area contributed by atoms with Gasteiger partial charge in [-0.05, 0) is 25.0 Å². The molecule has 0 unspecified atom stereocenters. The molecule has 110 valence electrons. The number of carbonyl (C=O) groups excluding carboxylic acids is 1. The predicted octanol–water partition coefficient (Wildman–Crippen LogP) is 3.06. The maximum absolute atomic E-state index is 12.5. The van der Waals surface area contributed by atoms with Crippen LogP contribution in [0, 0.1) is 6.92 Å². The molecular weight excluding hydrogens is 266 g/mol. The van der Waals surface area contributed by atoms with Crippen LogP contribution in [0.25, 0.3) is 11.4 Å². The molecular formula is C16H19N3O2. The van der Waals surface area contributed by atoms with Gasteiger partial charge < -0.3 is 9.42 Å². The van der Waals surface area contributed by atoms with E-state index in [1.165, 1.54) is 12.8 Å². The van der Waals surface area contributed by atoms with Gasteiger partial charge in [-0.2, -0.15) is 4.98 Å². The Morgan fingerprint density at radius 3 is 2.33 bits per heavy atom. The zero-order valence-corrected chi connectivity index (χ0v) is 12.2. The second-order valence-corrected chi connectivity index (χ2v) is 5.42. The van der Waals surface area contributed by atoms with Crippen LogP contribution in [-0.4, -0.2) is 34.0 Å². The predicted molar refractivity (Wildman–Crippen MR) is 78.8 cm³/mol. The molecule has 5 nitrogen and oxygen atoms in total. The molecule has 1 amide bonds. The Balaban J connectivity index is 1.75. The van der Waals surface area contributed by atoms with Crippen molar-refractivity contribution in [2.24, 2.45) is 0 Å². The molecule has 5 heteroatoms. The Hall–Kier alpha value is -2.17. The minimum absolute atomic E-state index is 0.118. The summed E-state index contributed by atoms with van der Waals surface area (Å²) in [5, 5.41) is 3.88. The van der Waals surface area contributed by atoms with Crippen LogP contribution in [0.1, 0.15) is 41.9 Å². The van der Waals surface area contributed by atoms with Crippen molar-refractivity contribution in [2.45, 2.75) is 32.6 Å². The van der Waals surface area contributed by atoms with Gasteiger partial charge in [0.25, 0.3) is 5.91 Å². The molecule has 1 aliphatic heterocycles. The summed E-state index contributed by atoms with van der Waals surface area (Å²) in [5.74, 6) is 1.21. The number of benzene rings is 1. The van der Waals surface area contributed by atoms with E-state index in [9.17, 15) is 4.79 Å². The van der Waals surface area contributed by atoms with E-state index in [-0.39, 0.29) is 5.91 Å². The van der Waals surface area contributed by atoms with Crippen LogP contribution in [0.15, 0.2) is 28.8 Å². The summed E-state index contributed by atoms with van der Waals surface area (Å²) in [6, 6.07) is 7.42. The van der Waals surface area contributed by atoms with Crippen molar-refractivity contribution in [1.29, 1.82) is 0 Å². The van der Waals surface area contributed by atoms with Crippen molar-refractivity contribution in [3.63, 3.8) is 0 Å². The van der Waals surface area contributed by atoms with E-state index in [0.29, 0.717) is 11.7 Å². The van der Waals surface area contributed by atoms with Gasteiger partial charge in [-0.25, -0.2) is 0 Å². The summed E-state index contributed by atoms with van der Waals surface area (Å²) >= 11 is 0. The molecule has 0 atom stereocenters. The fourth-order valence-corrected chi connectivity index (χ4v) is 2.63. The molecule has 3 rings (SSSR count). The Morgan fingerprint density at radius 1 is 1.10 bits per heavy atom. The number of likely N-dealkylation sites (tertiary alicyclic amines) is 1. The zero-order chi connectivity index (χ0) is 14.7. The summed E-state index contributed by atoms with van der Waals surface area (Å²) < 4.78 is 4.97. The number of hydrogen-bond acceptors (Lipinski definition) is 4. The summed E-state index contributed by atoms with van der Waals surface area (Å²) in [6.45, 7) is 3.49. The molecule has 0 saturated carbocycles. The van der Waals surface area contributed by atoms with E-state index in [2.05, 4.69) is 10.1 Å². The van der Waals surface area contributed by atoms with Gasteiger partial charge >= 0.3 is 0 Å². The third kappa shape index (κ3) is 3.12. The SMILES string of the molecule is Cc1nc(-c2ccc(C(=O)N3CCCCCC3)cc2)no1. The highest BCUT2D eigenvalue weighted by Crippen LogP contribution is 2.18. The van der Waals surface area contributed by atoms with Crippen LogP contribution in [-0.2, 0) is 0 Å². The van der Waals surface area contributed by atoms with Gasteiger partial charge in [0, 0.05) is 31.1 Å². The fourth-order valence-electron chi connectivity index (χ4n) is 2.63. The Bertz CT molecular complexity index is 611. The van der Waals surface area contributed by atoms with Gasteiger partial charge in [-0.15, -0.1) is 0 Å². The molecule has 1 fully saturated rings. The second kappa shape index (κ2) is 6.08. The van der Waals surface area contributed by atoms with Crippen LogP contribution in [0.5, 0.6) is 0 Å². The van der Waals surface area contributed by atoms with E-state index in [0.717, 1.165) is 37.1 Å². The lowest BCUT2D eigenvalue weighted by Gasteiger charge is -2.20. The maximum atomic E-state index is 12.5. The van der Waals surface area contributed by atoms with Crippen molar-refractivity contribution in [3.05, 3.63) is 35.7 Å². The lowest BCUT2D eigenvalue weighted by Crippen LogP contribution is -2.31. The van der Waals surface area contributed by atoms with Crippen molar-refractivity contribution in [2.75, 3.05) is 13.1 Å². The van der Waals surface area contributed by atoms with Gasteiger partial charge in [0.1, 0.15) is 0 Å². The van der Waals surface area contributed by atoms with E-state index in [1.807, 2.05) is 29.2 Å². The molecule has 0 radical (unpaired) electrons. The highest BCUT2D eigenvalue weighted by molar-refractivity contribution is 5.94. The van der Waals surface area contributed by atoms with Crippen LogP contribution in [0.2, 0.25) is 0 Å². The minimum Gasteiger partial charge on any atom is -0.339 e. The summed E-state index contributed by atoms with van der Waals surface area (Å²) in [4.78, 5) is 18.6. The average Bonchev–Trinajstić information content (AvgIpc) is 2.77. The minimum atomic E-state index is 0.118. The van der Waals surface area contributed by atoms with Crippen LogP contribution >= 0.6 is 0 Å². The first kappa shape index (κ1) is 13.8. The lowest BCUT2D eigenvalue weighted by atomic mass is 10.1. The number of rotatable bonds is 2. The third-order valence-corrected chi connectivity index (χ3v) is 3.81. The number of nitrogens with zero attached hydrogens (tertiary/aromatic N) is 3. The molecule has 0 spiro atoms. The Kier molecular flexibility index (Phi) is 3.99. The van der Waals surface area contributed by atoms with Crippen molar-refractivity contribution in [3.8, 4) is 11.4 Å². The Morgan fingerprint density at radius 2 is 1.76 bits per heavy atom. The normalized spacial score (nSPS) is 15.8. The first-order valence-electron chi connectivity index (χ1n) is 7.44. The monoisotopic (exact) mass is 285 g/mol. The van der Waals surface area contributed by atoms with Crippen LogP contribution in [0.4, 0.5) is 0 Å². The molecule has 0 N–H and O–H groups in total. The number of amides is 1. The molecule has 1 aromatic heterocycles. The van der Waals surface area contributed by atoms with E-state index < -0.39 is 0 Å². The first-order valence-corrected chi connectivity index (χ1v) is 7.44. The van der Waals surface area contributed by atoms with Crippen molar-refractivity contribution < 1.29 is 9.32 Å². The first-order chi connectivity index (χ1) is 10.2. The third-order valence-electron chi connectivity index (χ3n) is 3.81. The quantitative estimate of drug-likeness (QED) is 0.851. The van der Waals surface area contributed by atoms with Gasteiger partial charge in [-0.1, -0.05) is 30.1 Å². The molecule has 1 aromatic carbocycles. The summed E-state index contributed by atoms with van der Waals surface area (Å²) in [5.41, 5.74) is 1.58. The van der Waals surface area contributed by atoms with E-state index >= 15 is 0 Å². The highest BCUT2D eigenvalue weighted by atomic mass is 16.5. The van der Waals surface area contributed by atoms with Crippen LogP contribution < -0.4 is 0 Å². The van der Waals surface area contributed by atoms with Gasteiger partial charge in [-0.3, -0.25) is 4.79 Å². The molecule has 2 aromatic rings. The smallest absolute Gasteiger partial charge is 0.253 e. The van der Waals surface area contributed by atoms with E-state index in [4.69, 9.17) is 4.52 Å². The Labute approximate surface area is 124 Å². The molecule has 21 heavy (non-hydrogen) atoms. The molecule has 2 heterocycles. The number of aromatic nitrogens is 2. The molecule has 0 aliphatic carbocycles. The molecule has 0 bridgehead atoms. The van der Waals surface area contributed by atoms with Crippen molar-refractivity contribution in [1.82, 2.24) is 15.0 Å². The van der Waals surface area contributed by atoms with Gasteiger partial charge in [0.15, 0.2) is 0 Å². The molecule has 1 saturated heterocycles.